The highest BCUT2D eigenvalue weighted by Gasteiger charge is 2.22. The lowest BCUT2D eigenvalue weighted by atomic mass is 10.2. The number of aliphatic hydroxyl groups excluding tert-OH is 1. The first kappa shape index (κ1) is 24.1. The van der Waals surface area contributed by atoms with E-state index in [-0.39, 0.29) is 11.6 Å². The van der Waals surface area contributed by atoms with E-state index in [1.807, 2.05) is 29.0 Å². The number of hydrogen-bond acceptors (Lipinski definition) is 6. The molecule has 33 heavy (non-hydrogen) atoms. The van der Waals surface area contributed by atoms with Crippen LogP contribution >= 0.6 is 11.3 Å². The summed E-state index contributed by atoms with van der Waals surface area (Å²) in [6.07, 6.45) is 7.88. The molecular formula is C24H27N5O3S. The van der Waals surface area contributed by atoms with E-state index in [4.69, 9.17) is 10.8 Å². The number of nitrogens with two attached hydrogens (primary N) is 1. The second-order valence-corrected chi connectivity index (χ2v) is 8.03. The fourth-order valence-electron chi connectivity index (χ4n) is 3.20. The number of rotatable bonds is 8. The van der Waals surface area contributed by atoms with Crippen LogP contribution in [0.25, 0.3) is 16.9 Å². The minimum atomic E-state index is -0.595. The topological polar surface area (TPSA) is 123 Å². The Morgan fingerprint density at radius 2 is 2.09 bits per heavy atom. The highest BCUT2D eigenvalue weighted by atomic mass is 32.1. The molecule has 0 aliphatic rings. The van der Waals surface area contributed by atoms with Crippen LogP contribution in [0.1, 0.15) is 46.2 Å². The maximum absolute atomic E-state index is 12.7. The Labute approximate surface area is 196 Å². The number of aliphatic hydroxyl groups is 1. The molecule has 8 nitrogen and oxygen atoms in total. The molecule has 4 aromatic heterocycles. The van der Waals surface area contributed by atoms with Crippen molar-refractivity contribution in [2.45, 2.75) is 26.2 Å². The van der Waals surface area contributed by atoms with Crippen LogP contribution < -0.4 is 11.1 Å². The van der Waals surface area contributed by atoms with E-state index in [2.05, 4.69) is 22.2 Å². The van der Waals surface area contributed by atoms with Crippen LogP contribution in [0, 0.1) is 0 Å². The average Bonchev–Trinajstić information content (AvgIpc) is 3.48. The van der Waals surface area contributed by atoms with Gasteiger partial charge in [-0.25, -0.2) is 4.98 Å². The van der Waals surface area contributed by atoms with Crippen molar-refractivity contribution in [1.82, 2.24) is 19.7 Å². The normalized spacial score (nSPS) is 10.5. The summed E-state index contributed by atoms with van der Waals surface area (Å²) in [7, 11) is 0. The zero-order chi connectivity index (χ0) is 23.6. The summed E-state index contributed by atoms with van der Waals surface area (Å²) in [4.78, 5) is 33.4. The molecule has 0 saturated carbocycles. The molecule has 4 heterocycles. The fourth-order valence-corrected chi connectivity index (χ4v) is 3.84. The maximum Gasteiger partial charge on any atom is 0.268 e. The zero-order valence-corrected chi connectivity index (χ0v) is 19.2. The van der Waals surface area contributed by atoms with Gasteiger partial charge in [0.05, 0.1) is 5.56 Å². The smallest absolute Gasteiger partial charge is 0.268 e. The lowest BCUT2D eigenvalue weighted by Gasteiger charge is -2.07. The molecule has 0 aliphatic carbocycles. The quantitative estimate of drug-likeness (QED) is 0.368. The molecule has 0 saturated heterocycles. The molecule has 0 atom stereocenters. The van der Waals surface area contributed by atoms with Crippen LogP contribution in [0.4, 0.5) is 0 Å². The van der Waals surface area contributed by atoms with E-state index < -0.39 is 5.91 Å². The SMILES string of the molecule is CCCCO.NC(=O)c1c(-c2ccsc2)nc2c(C(=O)NCCc3cccnc3)cccn12. The minimum Gasteiger partial charge on any atom is -0.396 e. The van der Waals surface area contributed by atoms with Gasteiger partial charge < -0.3 is 16.2 Å². The van der Waals surface area contributed by atoms with Crippen LogP contribution in [-0.2, 0) is 6.42 Å². The summed E-state index contributed by atoms with van der Waals surface area (Å²) in [5.41, 5.74) is 8.96. The molecule has 172 valence electrons. The van der Waals surface area contributed by atoms with E-state index in [0.717, 1.165) is 24.0 Å². The number of primary amides is 1. The number of nitrogens with zero attached hydrogens (tertiary/aromatic N) is 3. The van der Waals surface area contributed by atoms with Gasteiger partial charge in [-0.05, 0) is 48.1 Å². The molecular weight excluding hydrogens is 438 g/mol. The molecule has 9 heteroatoms. The van der Waals surface area contributed by atoms with Gasteiger partial charge in [0.2, 0.25) is 0 Å². The van der Waals surface area contributed by atoms with Crippen LogP contribution in [0.15, 0.2) is 59.7 Å². The first-order valence-corrected chi connectivity index (χ1v) is 11.6. The Morgan fingerprint density at radius 1 is 1.24 bits per heavy atom. The Morgan fingerprint density at radius 3 is 2.70 bits per heavy atom. The Balaban J connectivity index is 0.000000555. The lowest BCUT2D eigenvalue weighted by Crippen LogP contribution is -2.26. The molecule has 2 amide bonds. The number of unbranched alkanes of at least 4 members (excludes halogenated alkanes) is 1. The van der Waals surface area contributed by atoms with E-state index in [9.17, 15) is 9.59 Å². The third kappa shape index (κ3) is 6.03. The monoisotopic (exact) mass is 465 g/mol. The number of nitrogens with one attached hydrogen (secondary N) is 1. The summed E-state index contributed by atoms with van der Waals surface area (Å²) in [5.74, 6) is -0.852. The molecule has 4 N–H and O–H groups in total. The number of fused-ring (bicyclic) bond motifs is 1. The van der Waals surface area contributed by atoms with E-state index >= 15 is 0 Å². The number of imidazole rings is 1. The third-order valence-electron chi connectivity index (χ3n) is 4.86. The Hall–Kier alpha value is -3.56. The Kier molecular flexibility index (Phi) is 8.68. The number of aromatic nitrogens is 3. The zero-order valence-electron chi connectivity index (χ0n) is 18.4. The van der Waals surface area contributed by atoms with E-state index in [1.165, 1.54) is 11.3 Å². The number of amides is 2. The number of pyridine rings is 2. The van der Waals surface area contributed by atoms with Gasteiger partial charge in [-0.2, -0.15) is 11.3 Å². The van der Waals surface area contributed by atoms with Gasteiger partial charge in [0.25, 0.3) is 11.8 Å². The van der Waals surface area contributed by atoms with Gasteiger partial charge in [0, 0.05) is 42.7 Å². The predicted octanol–water partition coefficient (Wildman–Crippen LogP) is 3.31. The van der Waals surface area contributed by atoms with Gasteiger partial charge in [-0.15, -0.1) is 0 Å². The molecule has 0 radical (unpaired) electrons. The summed E-state index contributed by atoms with van der Waals surface area (Å²) in [6, 6.07) is 9.07. The van der Waals surface area contributed by atoms with Gasteiger partial charge in [0.1, 0.15) is 11.4 Å². The third-order valence-corrected chi connectivity index (χ3v) is 5.54. The van der Waals surface area contributed by atoms with E-state index in [0.29, 0.717) is 36.5 Å². The number of hydrogen-bond donors (Lipinski definition) is 3. The second kappa shape index (κ2) is 11.9. The number of carbonyl (C=O) groups is 2. The summed E-state index contributed by atoms with van der Waals surface area (Å²) < 4.78 is 1.57. The van der Waals surface area contributed by atoms with Gasteiger partial charge >= 0.3 is 0 Å². The summed E-state index contributed by atoms with van der Waals surface area (Å²) in [6.45, 7) is 2.86. The van der Waals surface area contributed by atoms with Crippen molar-refractivity contribution in [3.8, 4) is 11.3 Å². The van der Waals surface area contributed by atoms with Crippen molar-refractivity contribution < 1.29 is 14.7 Å². The lowest BCUT2D eigenvalue weighted by molar-refractivity contribution is 0.0952. The van der Waals surface area contributed by atoms with Gasteiger partial charge in [-0.1, -0.05) is 19.4 Å². The standard InChI is InChI=1S/C20H17N5O2S.C4H10O/c21-18(26)17-16(14-6-10-28-12-14)24-19-15(4-2-9-25(17)19)20(27)23-8-5-13-3-1-7-22-11-13;1-2-3-4-5/h1-4,6-7,9-12H,5,8H2,(H2,21,26)(H,23,27);5H,2-4H2,1H3. The molecule has 0 bridgehead atoms. The predicted molar refractivity (Wildman–Crippen MR) is 129 cm³/mol. The largest absolute Gasteiger partial charge is 0.396 e. The van der Waals surface area contributed by atoms with Crippen molar-refractivity contribution in [2.75, 3.05) is 13.2 Å². The van der Waals surface area contributed by atoms with Crippen LogP contribution in [0.2, 0.25) is 0 Å². The van der Waals surface area contributed by atoms with Crippen molar-refractivity contribution in [3.63, 3.8) is 0 Å². The molecule has 0 spiro atoms. The summed E-state index contributed by atoms with van der Waals surface area (Å²) in [5, 5.41) is 14.8. The van der Waals surface area contributed by atoms with Crippen LogP contribution in [-0.4, -0.2) is 44.4 Å². The Bertz CT molecular complexity index is 1190. The molecule has 0 aliphatic heterocycles. The molecule has 0 fully saturated rings. The van der Waals surface area contributed by atoms with Crippen LogP contribution in [0.5, 0.6) is 0 Å². The number of carbonyl (C=O) groups excluding carboxylic acids is 2. The minimum absolute atomic E-state index is 0.257. The second-order valence-electron chi connectivity index (χ2n) is 7.25. The van der Waals surface area contributed by atoms with Crippen molar-refractivity contribution >= 4 is 28.8 Å². The van der Waals surface area contributed by atoms with Crippen molar-refractivity contribution in [1.29, 1.82) is 0 Å². The number of thiophene rings is 1. The van der Waals surface area contributed by atoms with Crippen LogP contribution in [0.3, 0.4) is 0 Å². The summed E-state index contributed by atoms with van der Waals surface area (Å²) >= 11 is 1.50. The average molecular weight is 466 g/mol. The van der Waals surface area contributed by atoms with E-state index in [1.54, 1.807) is 35.1 Å². The first-order chi connectivity index (χ1) is 16.1. The van der Waals surface area contributed by atoms with Gasteiger partial charge in [-0.3, -0.25) is 19.0 Å². The highest BCUT2D eigenvalue weighted by molar-refractivity contribution is 7.08. The first-order valence-electron chi connectivity index (χ1n) is 10.7. The maximum atomic E-state index is 12.7. The molecule has 0 aromatic carbocycles. The van der Waals surface area contributed by atoms with Gasteiger partial charge in [0.15, 0.2) is 5.65 Å². The molecule has 0 unspecified atom stereocenters. The van der Waals surface area contributed by atoms with Crippen molar-refractivity contribution in [3.05, 3.63) is 76.5 Å². The fraction of sp³-hybridized carbons (Fsp3) is 0.250. The molecule has 4 rings (SSSR count). The molecule has 4 aromatic rings. The van der Waals surface area contributed by atoms with Crippen molar-refractivity contribution in [2.24, 2.45) is 5.73 Å². The highest BCUT2D eigenvalue weighted by Crippen LogP contribution is 2.27.